The van der Waals surface area contributed by atoms with Crippen LogP contribution in [0.5, 0.6) is 0 Å². The van der Waals surface area contributed by atoms with Crippen LogP contribution in [0.1, 0.15) is 52.4 Å². The van der Waals surface area contributed by atoms with E-state index in [1.54, 1.807) is 4.90 Å². The Morgan fingerprint density at radius 2 is 1.89 bits per heavy atom. The first-order valence-electron chi connectivity index (χ1n) is 7.17. The molecule has 0 aromatic heterocycles. The largest absolute Gasteiger partial charge is 0.391 e. The smallest absolute Gasteiger partial charge is 0.230 e. The van der Waals surface area contributed by atoms with Crippen molar-refractivity contribution in [3.8, 4) is 0 Å². The molecule has 2 atom stereocenters. The Hall–Kier alpha value is -0.610. The molecule has 1 aliphatic carbocycles. The van der Waals surface area contributed by atoms with E-state index in [4.69, 9.17) is 5.73 Å². The normalized spacial score (nSPS) is 24.9. The second kappa shape index (κ2) is 6.53. The first-order chi connectivity index (χ1) is 8.52. The Balaban J connectivity index is 2.81. The summed E-state index contributed by atoms with van der Waals surface area (Å²) in [4.78, 5) is 14.4. The lowest BCUT2D eigenvalue weighted by molar-refractivity contribution is -0.146. The summed E-state index contributed by atoms with van der Waals surface area (Å²) in [7, 11) is 1.82. The van der Waals surface area contributed by atoms with Gasteiger partial charge in [0.05, 0.1) is 17.6 Å². The van der Waals surface area contributed by atoms with Crippen molar-refractivity contribution < 1.29 is 9.90 Å². The third-order valence-corrected chi connectivity index (χ3v) is 4.71. The standard InChI is InChI=1S/C14H28N2O2/c1-4-14(5-2,10-15)13(18)16(3)11-8-6-7-9-12(11)17/h11-12,17H,4-10,15H2,1-3H3. The van der Waals surface area contributed by atoms with Crippen molar-refractivity contribution in [2.24, 2.45) is 11.1 Å². The van der Waals surface area contributed by atoms with Crippen molar-refractivity contribution in [2.75, 3.05) is 13.6 Å². The predicted octanol–water partition coefficient (Wildman–Crippen LogP) is 1.51. The van der Waals surface area contributed by atoms with Gasteiger partial charge in [-0.15, -0.1) is 0 Å². The monoisotopic (exact) mass is 256 g/mol. The average Bonchev–Trinajstić information content (AvgIpc) is 2.41. The molecule has 0 aliphatic heterocycles. The van der Waals surface area contributed by atoms with Crippen molar-refractivity contribution in [1.29, 1.82) is 0 Å². The number of aliphatic hydroxyl groups is 1. The van der Waals surface area contributed by atoms with E-state index in [1.165, 1.54) is 0 Å². The Bertz CT molecular complexity index is 269. The average molecular weight is 256 g/mol. The summed E-state index contributed by atoms with van der Waals surface area (Å²) in [5, 5.41) is 10.0. The second-order valence-electron chi connectivity index (χ2n) is 5.53. The zero-order chi connectivity index (χ0) is 13.8. The lowest BCUT2D eigenvalue weighted by Crippen LogP contribution is -2.53. The summed E-state index contributed by atoms with van der Waals surface area (Å²) >= 11 is 0. The maximum absolute atomic E-state index is 12.6. The summed E-state index contributed by atoms with van der Waals surface area (Å²) in [6, 6.07) is -0.0322. The molecule has 1 aliphatic rings. The highest BCUT2D eigenvalue weighted by atomic mass is 16.3. The summed E-state index contributed by atoms with van der Waals surface area (Å²) in [6.07, 6.45) is 4.99. The highest BCUT2D eigenvalue weighted by Gasteiger charge is 2.39. The van der Waals surface area contributed by atoms with Gasteiger partial charge in [0, 0.05) is 13.6 Å². The number of amides is 1. The van der Waals surface area contributed by atoms with Crippen LogP contribution in [0.4, 0.5) is 0 Å². The van der Waals surface area contributed by atoms with Crippen LogP contribution >= 0.6 is 0 Å². The minimum Gasteiger partial charge on any atom is -0.391 e. The van der Waals surface area contributed by atoms with Crippen molar-refractivity contribution in [1.82, 2.24) is 4.90 Å². The number of carbonyl (C=O) groups is 1. The highest BCUT2D eigenvalue weighted by Crippen LogP contribution is 2.31. The van der Waals surface area contributed by atoms with Gasteiger partial charge < -0.3 is 15.7 Å². The fourth-order valence-electron chi connectivity index (χ4n) is 3.00. The van der Waals surface area contributed by atoms with Crippen LogP contribution < -0.4 is 5.73 Å². The van der Waals surface area contributed by atoms with Gasteiger partial charge in [0.25, 0.3) is 0 Å². The molecular weight excluding hydrogens is 228 g/mol. The van der Waals surface area contributed by atoms with Crippen LogP contribution in [-0.2, 0) is 4.79 Å². The Labute approximate surface area is 111 Å². The number of hydrogen-bond donors (Lipinski definition) is 2. The van der Waals surface area contributed by atoms with Gasteiger partial charge in [-0.05, 0) is 25.7 Å². The van der Waals surface area contributed by atoms with E-state index in [0.717, 1.165) is 38.5 Å². The molecule has 106 valence electrons. The zero-order valence-electron chi connectivity index (χ0n) is 12.0. The molecule has 1 fully saturated rings. The Morgan fingerprint density at radius 1 is 1.33 bits per heavy atom. The maximum atomic E-state index is 12.6. The van der Waals surface area contributed by atoms with Crippen molar-refractivity contribution >= 4 is 5.91 Å². The number of carbonyl (C=O) groups excluding carboxylic acids is 1. The van der Waals surface area contributed by atoms with Crippen LogP contribution in [-0.4, -0.2) is 41.7 Å². The summed E-state index contributed by atoms with van der Waals surface area (Å²) < 4.78 is 0. The van der Waals surface area contributed by atoms with Crippen LogP contribution in [0.2, 0.25) is 0 Å². The van der Waals surface area contributed by atoms with E-state index in [0.29, 0.717) is 6.54 Å². The van der Waals surface area contributed by atoms with Gasteiger partial charge in [-0.2, -0.15) is 0 Å². The minimum absolute atomic E-state index is 0.0322. The Morgan fingerprint density at radius 3 is 2.33 bits per heavy atom. The summed E-state index contributed by atoms with van der Waals surface area (Å²) in [5.41, 5.74) is 5.37. The van der Waals surface area contributed by atoms with E-state index < -0.39 is 5.41 Å². The van der Waals surface area contributed by atoms with Gasteiger partial charge in [0.15, 0.2) is 0 Å². The van der Waals surface area contributed by atoms with Gasteiger partial charge in [-0.25, -0.2) is 0 Å². The summed E-state index contributed by atoms with van der Waals surface area (Å²) in [6.45, 7) is 4.41. The number of likely N-dealkylation sites (N-methyl/N-ethyl adjacent to an activating group) is 1. The van der Waals surface area contributed by atoms with E-state index in [9.17, 15) is 9.90 Å². The second-order valence-corrected chi connectivity index (χ2v) is 5.53. The van der Waals surface area contributed by atoms with Crippen LogP contribution in [0.25, 0.3) is 0 Å². The van der Waals surface area contributed by atoms with Crippen LogP contribution in [0.3, 0.4) is 0 Å². The molecule has 0 radical (unpaired) electrons. The molecule has 1 rings (SSSR count). The predicted molar refractivity (Wildman–Crippen MR) is 73.1 cm³/mol. The number of hydrogen-bond acceptors (Lipinski definition) is 3. The molecule has 0 bridgehead atoms. The molecule has 4 nitrogen and oxygen atoms in total. The number of nitrogens with zero attached hydrogens (tertiary/aromatic N) is 1. The quantitative estimate of drug-likeness (QED) is 0.783. The van der Waals surface area contributed by atoms with Gasteiger partial charge in [-0.3, -0.25) is 4.79 Å². The van der Waals surface area contributed by atoms with E-state index in [1.807, 2.05) is 20.9 Å². The Kier molecular flexibility index (Phi) is 5.60. The van der Waals surface area contributed by atoms with Gasteiger partial charge in [0.2, 0.25) is 5.91 Å². The molecule has 4 heteroatoms. The number of nitrogens with two attached hydrogens (primary N) is 1. The molecule has 1 saturated carbocycles. The lowest BCUT2D eigenvalue weighted by atomic mass is 9.80. The third-order valence-electron chi connectivity index (χ3n) is 4.71. The fraction of sp³-hybridized carbons (Fsp3) is 0.929. The molecular formula is C14H28N2O2. The van der Waals surface area contributed by atoms with Crippen molar-refractivity contribution in [2.45, 2.75) is 64.5 Å². The molecule has 0 saturated heterocycles. The van der Waals surface area contributed by atoms with Gasteiger partial charge in [-0.1, -0.05) is 26.7 Å². The van der Waals surface area contributed by atoms with Crippen LogP contribution in [0, 0.1) is 5.41 Å². The first kappa shape index (κ1) is 15.4. The van der Waals surface area contributed by atoms with E-state index >= 15 is 0 Å². The highest BCUT2D eigenvalue weighted by molar-refractivity contribution is 5.83. The SMILES string of the molecule is CCC(CC)(CN)C(=O)N(C)C1CCCCC1O. The topological polar surface area (TPSA) is 66.6 Å². The molecule has 3 N–H and O–H groups in total. The van der Waals surface area contributed by atoms with Crippen molar-refractivity contribution in [3.63, 3.8) is 0 Å². The number of rotatable bonds is 5. The fourth-order valence-corrected chi connectivity index (χ4v) is 3.00. The lowest BCUT2D eigenvalue weighted by Gasteiger charge is -2.40. The molecule has 0 spiro atoms. The molecule has 0 aromatic carbocycles. The van der Waals surface area contributed by atoms with Crippen LogP contribution in [0.15, 0.2) is 0 Å². The third kappa shape index (κ3) is 2.86. The zero-order valence-corrected chi connectivity index (χ0v) is 12.0. The first-order valence-corrected chi connectivity index (χ1v) is 7.17. The number of aliphatic hydroxyl groups excluding tert-OH is 1. The molecule has 1 amide bonds. The molecule has 0 aromatic rings. The van der Waals surface area contributed by atoms with Gasteiger partial charge >= 0.3 is 0 Å². The van der Waals surface area contributed by atoms with E-state index in [-0.39, 0.29) is 18.1 Å². The van der Waals surface area contributed by atoms with E-state index in [2.05, 4.69) is 0 Å². The van der Waals surface area contributed by atoms with Gasteiger partial charge in [0.1, 0.15) is 0 Å². The van der Waals surface area contributed by atoms with Crippen molar-refractivity contribution in [3.05, 3.63) is 0 Å². The maximum Gasteiger partial charge on any atom is 0.230 e. The summed E-state index contributed by atoms with van der Waals surface area (Å²) in [5.74, 6) is 0.0981. The molecule has 2 unspecified atom stereocenters. The molecule has 0 heterocycles. The minimum atomic E-state index is -0.452. The molecule has 18 heavy (non-hydrogen) atoms.